The van der Waals surface area contributed by atoms with Gasteiger partial charge >= 0.3 is 0 Å². The Kier molecular flexibility index (Phi) is 5.03. The van der Waals surface area contributed by atoms with Crippen LogP contribution in [0.4, 0.5) is 0 Å². The average molecular weight is 214 g/mol. The van der Waals surface area contributed by atoms with Crippen molar-refractivity contribution in [3.8, 4) is 0 Å². The molecule has 0 aromatic carbocycles. The summed E-state index contributed by atoms with van der Waals surface area (Å²) in [6.45, 7) is 6.07. The number of hydrogen-bond donors (Lipinski definition) is 2. The smallest absolute Gasteiger partial charge is 0.0867 e. The topological polar surface area (TPSA) is 49.5 Å². The van der Waals surface area contributed by atoms with Crippen LogP contribution in [0.5, 0.6) is 0 Å². The Labute approximate surface area is 93.6 Å². The van der Waals surface area contributed by atoms with Gasteiger partial charge in [0.15, 0.2) is 0 Å². The highest BCUT2D eigenvalue weighted by Crippen LogP contribution is 2.23. The van der Waals surface area contributed by atoms with Crippen molar-refractivity contribution in [2.75, 3.05) is 19.6 Å². The molecule has 1 saturated carbocycles. The lowest BCUT2D eigenvalue weighted by molar-refractivity contribution is 0.00867. The third-order valence-electron chi connectivity index (χ3n) is 3.48. The number of rotatable bonds is 5. The van der Waals surface area contributed by atoms with Crippen LogP contribution in [-0.2, 0) is 0 Å². The molecule has 1 fully saturated rings. The zero-order chi connectivity index (χ0) is 11.3. The average Bonchev–Trinajstić information content (AvgIpc) is 2.27. The lowest BCUT2D eigenvalue weighted by atomic mass is 9.93. The molecule has 3 nitrogen and oxygen atoms in total. The maximum absolute atomic E-state index is 9.99. The molecule has 0 aliphatic heterocycles. The van der Waals surface area contributed by atoms with Crippen LogP contribution >= 0.6 is 0 Å². The van der Waals surface area contributed by atoms with Gasteiger partial charge in [0, 0.05) is 19.1 Å². The standard InChI is InChI=1S/C12H26N2O/c1-3-14(10-12(2,15)9-13)11-7-5-4-6-8-11/h11,15H,3-10,13H2,1-2H3. The zero-order valence-corrected chi connectivity index (χ0v) is 10.2. The van der Waals surface area contributed by atoms with Crippen LogP contribution in [0.15, 0.2) is 0 Å². The number of nitrogens with zero attached hydrogens (tertiary/aromatic N) is 1. The van der Waals surface area contributed by atoms with E-state index in [4.69, 9.17) is 5.73 Å². The van der Waals surface area contributed by atoms with Crippen LogP contribution in [-0.4, -0.2) is 41.3 Å². The van der Waals surface area contributed by atoms with Gasteiger partial charge in [0.25, 0.3) is 0 Å². The van der Waals surface area contributed by atoms with Crippen molar-refractivity contribution in [3.05, 3.63) is 0 Å². The molecular formula is C12H26N2O. The minimum Gasteiger partial charge on any atom is -0.388 e. The van der Waals surface area contributed by atoms with Crippen molar-refractivity contribution in [2.45, 2.75) is 57.6 Å². The first-order valence-corrected chi connectivity index (χ1v) is 6.25. The second kappa shape index (κ2) is 5.83. The molecule has 3 N–H and O–H groups in total. The Bertz CT molecular complexity index is 176. The summed E-state index contributed by atoms with van der Waals surface area (Å²) >= 11 is 0. The lowest BCUT2D eigenvalue weighted by Gasteiger charge is -2.37. The van der Waals surface area contributed by atoms with Gasteiger partial charge in [-0.3, -0.25) is 4.90 Å². The summed E-state index contributed by atoms with van der Waals surface area (Å²) in [5, 5.41) is 9.99. The van der Waals surface area contributed by atoms with Gasteiger partial charge in [-0.1, -0.05) is 26.2 Å². The second-order valence-corrected chi connectivity index (χ2v) is 5.06. The Morgan fingerprint density at radius 2 is 1.93 bits per heavy atom. The summed E-state index contributed by atoms with van der Waals surface area (Å²) in [5.41, 5.74) is 4.83. The summed E-state index contributed by atoms with van der Waals surface area (Å²) < 4.78 is 0. The molecule has 0 radical (unpaired) electrons. The van der Waals surface area contributed by atoms with Crippen molar-refractivity contribution in [1.29, 1.82) is 0 Å². The fourth-order valence-corrected chi connectivity index (χ4v) is 2.45. The summed E-state index contributed by atoms with van der Waals surface area (Å²) in [5.74, 6) is 0. The van der Waals surface area contributed by atoms with Crippen molar-refractivity contribution in [2.24, 2.45) is 5.73 Å². The third kappa shape index (κ3) is 4.09. The van der Waals surface area contributed by atoms with Gasteiger partial charge in [-0.2, -0.15) is 0 Å². The first kappa shape index (κ1) is 12.9. The van der Waals surface area contributed by atoms with Gasteiger partial charge in [-0.15, -0.1) is 0 Å². The minimum absolute atomic E-state index is 0.343. The highest BCUT2D eigenvalue weighted by molar-refractivity contribution is 4.83. The maximum atomic E-state index is 9.99. The molecule has 1 rings (SSSR count). The number of hydrogen-bond acceptors (Lipinski definition) is 3. The summed E-state index contributed by atoms with van der Waals surface area (Å²) in [4.78, 5) is 2.39. The summed E-state index contributed by atoms with van der Waals surface area (Å²) in [7, 11) is 0. The molecule has 3 heteroatoms. The van der Waals surface area contributed by atoms with E-state index in [1.54, 1.807) is 0 Å². The summed E-state index contributed by atoms with van der Waals surface area (Å²) in [6.07, 6.45) is 6.63. The molecule has 1 atom stereocenters. The lowest BCUT2D eigenvalue weighted by Crippen LogP contribution is -2.49. The van der Waals surface area contributed by atoms with Gasteiger partial charge in [0.1, 0.15) is 0 Å². The molecule has 0 heterocycles. The van der Waals surface area contributed by atoms with Gasteiger partial charge < -0.3 is 10.8 Å². The molecule has 0 aromatic rings. The van der Waals surface area contributed by atoms with Crippen LogP contribution < -0.4 is 5.73 Å². The normalized spacial score (nSPS) is 23.0. The van der Waals surface area contributed by atoms with E-state index < -0.39 is 5.60 Å². The first-order chi connectivity index (χ1) is 7.09. The van der Waals surface area contributed by atoms with Gasteiger partial charge in [0.2, 0.25) is 0 Å². The molecule has 0 bridgehead atoms. The van der Waals surface area contributed by atoms with Crippen LogP contribution in [0, 0.1) is 0 Å². The highest BCUT2D eigenvalue weighted by Gasteiger charge is 2.27. The second-order valence-electron chi connectivity index (χ2n) is 5.06. The van der Waals surface area contributed by atoms with E-state index in [9.17, 15) is 5.11 Å². The molecule has 0 saturated heterocycles. The fourth-order valence-electron chi connectivity index (χ4n) is 2.45. The van der Waals surface area contributed by atoms with Gasteiger partial charge in [-0.05, 0) is 26.3 Å². The number of aliphatic hydroxyl groups is 1. The summed E-state index contributed by atoms with van der Waals surface area (Å²) in [6, 6.07) is 0.668. The molecule has 15 heavy (non-hydrogen) atoms. The largest absolute Gasteiger partial charge is 0.388 e. The van der Waals surface area contributed by atoms with E-state index in [2.05, 4.69) is 11.8 Å². The fraction of sp³-hybridized carbons (Fsp3) is 1.00. The van der Waals surface area contributed by atoms with Gasteiger partial charge in [-0.25, -0.2) is 0 Å². The zero-order valence-electron chi connectivity index (χ0n) is 10.2. The van der Waals surface area contributed by atoms with E-state index in [0.29, 0.717) is 19.1 Å². The first-order valence-electron chi connectivity index (χ1n) is 6.25. The van der Waals surface area contributed by atoms with Crippen LogP contribution in [0.1, 0.15) is 46.0 Å². The number of likely N-dealkylation sites (N-methyl/N-ethyl adjacent to an activating group) is 1. The van der Waals surface area contributed by atoms with Crippen LogP contribution in [0.25, 0.3) is 0 Å². The molecule has 0 amide bonds. The maximum Gasteiger partial charge on any atom is 0.0867 e. The van der Waals surface area contributed by atoms with Crippen molar-refractivity contribution in [1.82, 2.24) is 4.90 Å². The minimum atomic E-state index is -0.729. The molecule has 0 spiro atoms. The third-order valence-corrected chi connectivity index (χ3v) is 3.48. The van der Waals surface area contributed by atoms with E-state index in [-0.39, 0.29) is 0 Å². The van der Waals surface area contributed by atoms with Crippen LogP contribution in [0.2, 0.25) is 0 Å². The Morgan fingerprint density at radius 1 is 1.33 bits per heavy atom. The van der Waals surface area contributed by atoms with E-state index in [0.717, 1.165) is 6.54 Å². The quantitative estimate of drug-likeness (QED) is 0.726. The Hall–Kier alpha value is -0.120. The predicted molar refractivity (Wildman–Crippen MR) is 63.8 cm³/mol. The van der Waals surface area contributed by atoms with Crippen molar-refractivity contribution < 1.29 is 5.11 Å². The predicted octanol–water partition coefficient (Wildman–Crippen LogP) is 1.35. The van der Waals surface area contributed by atoms with Gasteiger partial charge in [0.05, 0.1) is 5.60 Å². The monoisotopic (exact) mass is 214 g/mol. The molecular weight excluding hydrogens is 188 g/mol. The molecule has 1 aliphatic rings. The number of nitrogens with two attached hydrogens (primary N) is 1. The van der Waals surface area contributed by atoms with Crippen molar-refractivity contribution in [3.63, 3.8) is 0 Å². The van der Waals surface area contributed by atoms with E-state index in [1.807, 2.05) is 6.92 Å². The SMILES string of the molecule is CCN(CC(C)(O)CN)C1CCCCC1. The molecule has 1 aliphatic carbocycles. The Morgan fingerprint density at radius 3 is 2.40 bits per heavy atom. The van der Waals surface area contributed by atoms with E-state index >= 15 is 0 Å². The molecule has 90 valence electrons. The molecule has 0 aromatic heterocycles. The molecule has 1 unspecified atom stereocenters. The van der Waals surface area contributed by atoms with Crippen molar-refractivity contribution >= 4 is 0 Å². The van der Waals surface area contributed by atoms with E-state index in [1.165, 1.54) is 32.1 Å². The Balaban J connectivity index is 2.46. The van der Waals surface area contributed by atoms with Crippen LogP contribution in [0.3, 0.4) is 0 Å². The highest BCUT2D eigenvalue weighted by atomic mass is 16.3.